The van der Waals surface area contributed by atoms with Gasteiger partial charge in [0.25, 0.3) is 0 Å². The molecule has 2 aromatic carbocycles. The Morgan fingerprint density at radius 1 is 1.05 bits per heavy atom. The molecule has 5 heteroatoms. The summed E-state index contributed by atoms with van der Waals surface area (Å²) in [5.74, 6) is -3.56. The van der Waals surface area contributed by atoms with Gasteiger partial charge in [0.1, 0.15) is 5.82 Å². The molecule has 2 rings (SSSR count). The molecule has 2 nitrogen and oxygen atoms in total. The van der Waals surface area contributed by atoms with Crippen LogP contribution >= 0.6 is 0 Å². The van der Waals surface area contributed by atoms with Crippen LogP contribution in [0.25, 0.3) is 11.1 Å². The van der Waals surface area contributed by atoms with Crippen LogP contribution in [0.5, 0.6) is 0 Å². The molecule has 104 valence electrons. The van der Waals surface area contributed by atoms with E-state index in [1.54, 1.807) is 0 Å². The quantitative estimate of drug-likeness (QED) is 0.781. The lowest BCUT2D eigenvalue weighted by Gasteiger charge is -2.08. The molecule has 0 aliphatic heterocycles. The number of halogens is 3. The maximum atomic E-state index is 13.9. The lowest BCUT2D eigenvalue weighted by molar-refractivity contribution is 0.0600. The minimum absolute atomic E-state index is 0.0668. The molecule has 0 fully saturated rings. The fraction of sp³-hybridized carbons (Fsp3) is 0.133. The number of carbonyl (C=O) groups excluding carboxylic acids is 1. The van der Waals surface area contributed by atoms with Crippen LogP contribution in [0.3, 0.4) is 0 Å². The molecule has 0 heterocycles. The van der Waals surface area contributed by atoms with Crippen LogP contribution in [0.2, 0.25) is 0 Å². The number of methoxy groups -OCH3 is 1. The number of esters is 1. The minimum atomic E-state index is -1.08. The first kappa shape index (κ1) is 14.1. The Morgan fingerprint density at radius 2 is 1.75 bits per heavy atom. The summed E-state index contributed by atoms with van der Waals surface area (Å²) in [6.07, 6.45) is 0. The van der Waals surface area contributed by atoms with Crippen molar-refractivity contribution in [1.82, 2.24) is 0 Å². The van der Waals surface area contributed by atoms with E-state index in [0.717, 1.165) is 19.2 Å². The maximum absolute atomic E-state index is 13.9. The smallest absolute Gasteiger partial charge is 0.337 e. The molecule has 0 aliphatic rings. The van der Waals surface area contributed by atoms with Crippen molar-refractivity contribution in [3.63, 3.8) is 0 Å². The molecule has 0 amide bonds. The van der Waals surface area contributed by atoms with Gasteiger partial charge in [-0.05, 0) is 36.2 Å². The first-order valence-electron chi connectivity index (χ1n) is 5.78. The summed E-state index contributed by atoms with van der Waals surface area (Å²) in [5.41, 5.74) is 0.0401. The van der Waals surface area contributed by atoms with Crippen molar-refractivity contribution in [3.8, 4) is 11.1 Å². The molecule has 0 spiro atoms. The molecule has 0 N–H and O–H groups in total. The topological polar surface area (TPSA) is 26.3 Å². The molecule has 0 atom stereocenters. The standard InChI is InChI=1S/C15H11F3O2/c1-8-3-4-12(14(18)13(8)17)9-5-10(15(19)20-2)7-11(16)6-9/h3-7H,1-2H3. The molecule has 20 heavy (non-hydrogen) atoms. The van der Waals surface area contributed by atoms with E-state index < -0.39 is 23.4 Å². The van der Waals surface area contributed by atoms with Crippen LogP contribution in [0.1, 0.15) is 15.9 Å². The third-order valence-corrected chi connectivity index (χ3v) is 2.91. The number of aryl methyl sites for hydroxylation is 1. The van der Waals surface area contributed by atoms with E-state index in [1.807, 2.05) is 0 Å². The lowest BCUT2D eigenvalue weighted by atomic mass is 10.0. The fourth-order valence-electron chi connectivity index (χ4n) is 1.85. The molecule has 0 saturated carbocycles. The van der Waals surface area contributed by atoms with Crippen molar-refractivity contribution in [2.75, 3.05) is 7.11 Å². The van der Waals surface area contributed by atoms with E-state index in [9.17, 15) is 18.0 Å². The summed E-state index contributed by atoms with van der Waals surface area (Å²) in [6, 6.07) is 5.97. The van der Waals surface area contributed by atoms with Crippen molar-refractivity contribution in [3.05, 3.63) is 58.9 Å². The van der Waals surface area contributed by atoms with Gasteiger partial charge in [0.05, 0.1) is 12.7 Å². The summed E-state index contributed by atoms with van der Waals surface area (Å²) in [7, 11) is 1.15. The van der Waals surface area contributed by atoms with Crippen LogP contribution in [0, 0.1) is 24.4 Å². The Morgan fingerprint density at radius 3 is 2.40 bits per heavy atom. The third kappa shape index (κ3) is 2.52. The highest BCUT2D eigenvalue weighted by Crippen LogP contribution is 2.28. The number of carbonyl (C=O) groups is 1. The Bertz CT molecular complexity index is 681. The number of ether oxygens (including phenoxy) is 1. The molecule has 0 saturated heterocycles. The first-order valence-corrected chi connectivity index (χ1v) is 5.78. The zero-order valence-corrected chi connectivity index (χ0v) is 10.8. The lowest BCUT2D eigenvalue weighted by Crippen LogP contribution is -2.02. The van der Waals surface area contributed by atoms with Gasteiger partial charge in [-0.3, -0.25) is 0 Å². The minimum Gasteiger partial charge on any atom is -0.465 e. The highest BCUT2D eigenvalue weighted by atomic mass is 19.2. The normalized spacial score (nSPS) is 10.4. The highest BCUT2D eigenvalue weighted by Gasteiger charge is 2.16. The van der Waals surface area contributed by atoms with E-state index in [4.69, 9.17) is 0 Å². The zero-order chi connectivity index (χ0) is 14.9. The Hall–Kier alpha value is -2.30. The summed E-state index contributed by atoms with van der Waals surface area (Å²) in [4.78, 5) is 11.4. The number of hydrogen-bond donors (Lipinski definition) is 0. The second-order valence-electron chi connectivity index (χ2n) is 4.28. The van der Waals surface area contributed by atoms with E-state index in [-0.39, 0.29) is 22.3 Å². The molecule has 2 aromatic rings. The van der Waals surface area contributed by atoms with Gasteiger partial charge < -0.3 is 4.74 Å². The van der Waals surface area contributed by atoms with Gasteiger partial charge in [0.15, 0.2) is 11.6 Å². The fourth-order valence-corrected chi connectivity index (χ4v) is 1.85. The van der Waals surface area contributed by atoms with Gasteiger partial charge in [0, 0.05) is 5.56 Å². The van der Waals surface area contributed by atoms with Gasteiger partial charge in [-0.1, -0.05) is 12.1 Å². The Kier molecular flexibility index (Phi) is 3.79. The first-order chi connectivity index (χ1) is 9.43. The molecular formula is C15H11F3O2. The van der Waals surface area contributed by atoms with Crippen LogP contribution in [-0.4, -0.2) is 13.1 Å². The van der Waals surface area contributed by atoms with Gasteiger partial charge >= 0.3 is 5.97 Å². The SMILES string of the molecule is COC(=O)c1cc(F)cc(-c2ccc(C)c(F)c2F)c1. The molecule has 0 bridgehead atoms. The van der Waals surface area contributed by atoms with Crippen molar-refractivity contribution >= 4 is 5.97 Å². The predicted octanol–water partition coefficient (Wildman–Crippen LogP) is 3.87. The molecule has 0 aromatic heterocycles. The van der Waals surface area contributed by atoms with Crippen LogP contribution < -0.4 is 0 Å². The third-order valence-electron chi connectivity index (χ3n) is 2.91. The average molecular weight is 280 g/mol. The van der Waals surface area contributed by atoms with E-state index in [0.29, 0.717) is 0 Å². The largest absolute Gasteiger partial charge is 0.465 e. The van der Waals surface area contributed by atoms with Crippen LogP contribution in [0.4, 0.5) is 13.2 Å². The van der Waals surface area contributed by atoms with E-state index >= 15 is 0 Å². The summed E-state index contributed by atoms with van der Waals surface area (Å²) in [6.45, 7) is 1.42. The molecule has 0 radical (unpaired) electrons. The van der Waals surface area contributed by atoms with Crippen molar-refractivity contribution in [2.24, 2.45) is 0 Å². The summed E-state index contributed by atoms with van der Waals surface area (Å²) < 4.78 is 45.4. The summed E-state index contributed by atoms with van der Waals surface area (Å²) in [5, 5.41) is 0. The predicted molar refractivity (Wildman–Crippen MR) is 67.8 cm³/mol. The van der Waals surface area contributed by atoms with Crippen LogP contribution in [-0.2, 0) is 4.74 Å². The summed E-state index contributed by atoms with van der Waals surface area (Å²) >= 11 is 0. The average Bonchev–Trinajstić information content (AvgIpc) is 2.43. The van der Waals surface area contributed by atoms with E-state index in [2.05, 4.69) is 4.74 Å². The second-order valence-corrected chi connectivity index (χ2v) is 4.28. The van der Waals surface area contributed by atoms with Crippen LogP contribution in [0.15, 0.2) is 30.3 Å². The van der Waals surface area contributed by atoms with Crippen molar-refractivity contribution < 1.29 is 22.7 Å². The molecule has 0 unspecified atom stereocenters. The van der Waals surface area contributed by atoms with Gasteiger partial charge in [-0.2, -0.15) is 0 Å². The molecule has 0 aliphatic carbocycles. The number of benzene rings is 2. The van der Waals surface area contributed by atoms with Gasteiger partial charge in [-0.25, -0.2) is 18.0 Å². The zero-order valence-electron chi connectivity index (χ0n) is 10.8. The maximum Gasteiger partial charge on any atom is 0.337 e. The van der Waals surface area contributed by atoms with Crippen molar-refractivity contribution in [1.29, 1.82) is 0 Å². The van der Waals surface area contributed by atoms with Crippen molar-refractivity contribution in [2.45, 2.75) is 6.92 Å². The van der Waals surface area contributed by atoms with E-state index in [1.165, 1.54) is 25.1 Å². The molecular weight excluding hydrogens is 269 g/mol. The second kappa shape index (κ2) is 5.36. The highest BCUT2D eigenvalue weighted by molar-refractivity contribution is 5.91. The Labute approximate surface area is 113 Å². The monoisotopic (exact) mass is 280 g/mol. The number of hydrogen-bond acceptors (Lipinski definition) is 2. The van der Waals surface area contributed by atoms with Gasteiger partial charge in [-0.15, -0.1) is 0 Å². The van der Waals surface area contributed by atoms with Gasteiger partial charge in [0.2, 0.25) is 0 Å². The Balaban J connectivity index is 2.61. The number of rotatable bonds is 2.